The quantitative estimate of drug-likeness (QED) is 0.357. The molecule has 0 unspecified atom stereocenters. The van der Waals surface area contributed by atoms with Crippen LogP contribution in [0.1, 0.15) is 38.2 Å². The van der Waals surface area contributed by atoms with Gasteiger partial charge in [-0.25, -0.2) is 14.4 Å². The lowest BCUT2D eigenvalue weighted by Gasteiger charge is -2.16. The number of ether oxygens (including phenoxy) is 1. The highest BCUT2D eigenvalue weighted by molar-refractivity contribution is 14.0. The van der Waals surface area contributed by atoms with Crippen LogP contribution < -0.4 is 15.4 Å². The predicted octanol–water partition coefficient (Wildman–Crippen LogP) is 4.63. The molecule has 1 aliphatic rings. The maximum Gasteiger partial charge on any atom is 0.219 e. The Bertz CT molecular complexity index is 733. The molecule has 0 aliphatic heterocycles. The molecule has 3 rings (SSSR count). The van der Waals surface area contributed by atoms with Crippen molar-refractivity contribution in [3.63, 3.8) is 0 Å². The maximum atomic E-state index is 13.2. The van der Waals surface area contributed by atoms with Crippen LogP contribution in [0, 0.1) is 5.82 Å². The number of aliphatic imine (C=N–C) groups is 1. The number of hydrogen-bond acceptors (Lipinski definition) is 3. The van der Waals surface area contributed by atoms with E-state index in [1.54, 1.807) is 24.4 Å². The van der Waals surface area contributed by atoms with E-state index in [1.165, 1.54) is 37.8 Å². The highest BCUT2D eigenvalue weighted by Gasteiger charge is 2.15. The van der Waals surface area contributed by atoms with Gasteiger partial charge in [0.1, 0.15) is 11.6 Å². The third-order valence-corrected chi connectivity index (χ3v) is 4.28. The molecular weight excluding hydrogens is 458 g/mol. The maximum absolute atomic E-state index is 13.2. The van der Waals surface area contributed by atoms with Crippen molar-refractivity contribution in [3.05, 3.63) is 54.0 Å². The van der Waals surface area contributed by atoms with Crippen molar-refractivity contribution in [2.75, 3.05) is 6.54 Å². The SMILES string of the molecule is CCNC(=NCc1ccc(Oc2cccc(F)c2)nc1)NC1CCCC1.I. The number of rotatable bonds is 6. The number of halogens is 2. The number of hydrogen-bond donors (Lipinski definition) is 2. The van der Waals surface area contributed by atoms with Crippen LogP contribution in [-0.4, -0.2) is 23.5 Å². The topological polar surface area (TPSA) is 58.5 Å². The minimum Gasteiger partial charge on any atom is -0.439 e. The van der Waals surface area contributed by atoms with Gasteiger partial charge in [0.25, 0.3) is 0 Å². The van der Waals surface area contributed by atoms with E-state index in [9.17, 15) is 4.39 Å². The first-order chi connectivity index (χ1) is 12.7. The molecule has 2 N–H and O–H groups in total. The summed E-state index contributed by atoms with van der Waals surface area (Å²) in [6.45, 7) is 3.43. The smallest absolute Gasteiger partial charge is 0.219 e. The Hall–Kier alpha value is -1.90. The van der Waals surface area contributed by atoms with E-state index in [1.807, 2.05) is 6.07 Å². The van der Waals surface area contributed by atoms with Crippen LogP contribution in [0.25, 0.3) is 0 Å². The first-order valence-corrected chi connectivity index (χ1v) is 9.16. The summed E-state index contributed by atoms with van der Waals surface area (Å²) in [7, 11) is 0. The molecule has 1 aromatic carbocycles. The zero-order valence-electron chi connectivity index (χ0n) is 15.5. The summed E-state index contributed by atoms with van der Waals surface area (Å²) in [5, 5.41) is 6.78. The van der Waals surface area contributed by atoms with Crippen LogP contribution in [0.5, 0.6) is 11.6 Å². The molecule has 0 radical (unpaired) electrons. The average Bonchev–Trinajstić information content (AvgIpc) is 3.14. The van der Waals surface area contributed by atoms with Crippen molar-refractivity contribution in [2.45, 2.75) is 45.2 Å². The highest BCUT2D eigenvalue weighted by Crippen LogP contribution is 2.20. The first kappa shape index (κ1) is 21.4. The molecule has 5 nitrogen and oxygen atoms in total. The fourth-order valence-corrected chi connectivity index (χ4v) is 2.97. The minimum atomic E-state index is -0.334. The molecule has 0 spiro atoms. The molecule has 1 fully saturated rings. The number of nitrogens with zero attached hydrogens (tertiary/aromatic N) is 2. The molecule has 1 aliphatic carbocycles. The Morgan fingerprint density at radius 3 is 2.74 bits per heavy atom. The Morgan fingerprint density at radius 1 is 1.26 bits per heavy atom. The summed E-state index contributed by atoms with van der Waals surface area (Å²) in [6, 6.07) is 10.2. The van der Waals surface area contributed by atoms with Gasteiger partial charge in [-0.05, 0) is 37.5 Å². The van der Waals surface area contributed by atoms with Gasteiger partial charge in [-0.3, -0.25) is 0 Å². The van der Waals surface area contributed by atoms with Crippen molar-refractivity contribution >= 4 is 29.9 Å². The molecule has 1 saturated carbocycles. The van der Waals surface area contributed by atoms with Crippen LogP contribution in [0.15, 0.2) is 47.6 Å². The third kappa shape index (κ3) is 6.97. The number of benzene rings is 1. The summed E-state index contributed by atoms with van der Waals surface area (Å²) >= 11 is 0. The van der Waals surface area contributed by atoms with Gasteiger partial charge in [-0.2, -0.15) is 0 Å². The van der Waals surface area contributed by atoms with E-state index in [-0.39, 0.29) is 29.8 Å². The van der Waals surface area contributed by atoms with Crippen molar-refractivity contribution in [3.8, 4) is 11.6 Å². The lowest BCUT2D eigenvalue weighted by molar-refractivity contribution is 0.457. The lowest BCUT2D eigenvalue weighted by atomic mass is 10.2. The van der Waals surface area contributed by atoms with Crippen LogP contribution in [0.2, 0.25) is 0 Å². The fraction of sp³-hybridized carbons (Fsp3) is 0.400. The molecule has 7 heteroatoms. The number of pyridine rings is 1. The van der Waals surface area contributed by atoms with Crippen LogP contribution in [0.4, 0.5) is 4.39 Å². The van der Waals surface area contributed by atoms with Crippen molar-refractivity contribution < 1.29 is 9.13 Å². The normalized spacial score (nSPS) is 14.5. The molecule has 0 atom stereocenters. The van der Waals surface area contributed by atoms with E-state index in [4.69, 9.17) is 4.74 Å². The molecule has 0 bridgehead atoms. The number of nitrogens with one attached hydrogen (secondary N) is 2. The van der Waals surface area contributed by atoms with Crippen LogP contribution >= 0.6 is 24.0 Å². The van der Waals surface area contributed by atoms with E-state index >= 15 is 0 Å². The molecular formula is C20H26FIN4O. The fourth-order valence-electron chi connectivity index (χ4n) is 2.97. The summed E-state index contributed by atoms with van der Waals surface area (Å²) in [4.78, 5) is 8.91. The van der Waals surface area contributed by atoms with Crippen molar-refractivity contribution in [2.24, 2.45) is 4.99 Å². The monoisotopic (exact) mass is 484 g/mol. The molecule has 1 aromatic heterocycles. The Morgan fingerprint density at radius 2 is 2.07 bits per heavy atom. The molecule has 1 heterocycles. The average molecular weight is 484 g/mol. The predicted molar refractivity (Wildman–Crippen MR) is 116 cm³/mol. The zero-order valence-corrected chi connectivity index (χ0v) is 17.8. The standard InChI is InChI=1S/C20H25FN4O.HI/c1-2-22-20(25-17-7-3-4-8-17)24-14-15-10-11-19(23-13-15)26-18-9-5-6-16(21)12-18;/h5-6,9-13,17H,2-4,7-8,14H2,1H3,(H2,22,24,25);1H. The zero-order chi connectivity index (χ0) is 18.2. The molecule has 27 heavy (non-hydrogen) atoms. The molecule has 0 saturated heterocycles. The highest BCUT2D eigenvalue weighted by atomic mass is 127. The second-order valence-corrected chi connectivity index (χ2v) is 6.39. The van der Waals surface area contributed by atoms with Gasteiger partial charge < -0.3 is 15.4 Å². The Balaban J connectivity index is 0.00000261. The van der Waals surface area contributed by atoms with Gasteiger partial charge >= 0.3 is 0 Å². The van der Waals surface area contributed by atoms with E-state index in [0.29, 0.717) is 24.2 Å². The van der Waals surface area contributed by atoms with Crippen LogP contribution in [-0.2, 0) is 6.54 Å². The Labute approximate surface area is 176 Å². The van der Waals surface area contributed by atoms with E-state index in [2.05, 4.69) is 27.5 Å². The van der Waals surface area contributed by atoms with Gasteiger partial charge in [0.05, 0.1) is 6.54 Å². The molecule has 146 valence electrons. The second-order valence-electron chi connectivity index (χ2n) is 6.39. The second kappa shape index (κ2) is 11.1. The van der Waals surface area contributed by atoms with Crippen LogP contribution in [0.3, 0.4) is 0 Å². The number of aromatic nitrogens is 1. The Kier molecular flexibility index (Phi) is 8.77. The molecule has 2 aromatic rings. The van der Waals surface area contributed by atoms with Gasteiger partial charge in [-0.15, -0.1) is 24.0 Å². The largest absolute Gasteiger partial charge is 0.439 e. The van der Waals surface area contributed by atoms with Gasteiger partial charge in [0, 0.05) is 30.9 Å². The van der Waals surface area contributed by atoms with Crippen molar-refractivity contribution in [1.82, 2.24) is 15.6 Å². The number of guanidine groups is 1. The lowest BCUT2D eigenvalue weighted by Crippen LogP contribution is -2.42. The van der Waals surface area contributed by atoms with Gasteiger partial charge in [0.2, 0.25) is 5.88 Å². The summed E-state index contributed by atoms with van der Waals surface area (Å²) < 4.78 is 18.7. The van der Waals surface area contributed by atoms with E-state index in [0.717, 1.165) is 18.1 Å². The van der Waals surface area contributed by atoms with Gasteiger partial charge in [-0.1, -0.05) is 25.0 Å². The summed E-state index contributed by atoms with van der Waals surface area (Å²) in [5.41, 5.74) is 0.986. The summed E-state index contributed by atoms with van der Waals surface area (Å²) in [5.74, 6) is 1.37. The third-order valence-electron chi connectivity index (χ3n) is 4.28. The van der Waals surface area contributed by atoms with Crippen molar-refractivity contribution in [1.29, 1.82) is 0 Å². The first-order valence-electron chi connectivity index (χ1n) is 9.16. The van der Waals surface area contributed by atoms with E-state index < -0.39 is 0 Å². The van der Waals surface area contributed by atoms with Gasteiger partial charge in [0.15, 0.2) is 5.96 Å². The molecule has 0 amide bonds. The minimum absolute atomic E-state index is 0. The summed E-state index contributed by atoms with van der Waals surface area (Å²) in [6.07, 6.45) is 6.72.